The van der Waals surface area contributed by atoms with E-state index < -0.39 is 0 Å². The van der Waals surface area contributed by atoms with Crippen molar-refractivity contribution in [1.82, 2.24) is 0 Å². The van der Waals surface area contributed by atoms with Gasteiger partial charge in [-0.2, -0.15) is 0 Å². The molecule has 0 aromatic heterocycles. The maximum Gasteiger partial charge on any atom is 0.255 e. The number of rotatable bonds is 3. The van der Waals surface area contributed by atoms with Crippen LogP contribution in [0.25, 0.3) is 0 Å². The summed E-state index contributed by atoms with van der Waals surface area (Å²) in [6.07, 6.45) is 0. The third kappa shape index (κ3) is 3.40. The number of anilines is 2. The summed E-state index contributed by atoms with van der Waals surface area (Å²) in [5.41, 5.74) is 7.87. The zero-order valence-electron chi connectivity index (χ0n) is 11.5. The van der Waals surface area contributed by atoms with Crippen LogP contribution in [0, 0.1) is 6.92 Å². The van der Waals surface area contributed by atoms with Gasteiger partial charge in [0.2, 0.25) is 0 Å². The Labute approximate surface area is 132 Å². The van der Waals surface area contributed by atoms with E-state index in [0.717, 1.165) is 5.56 Å². The second kappa shape index (κ2) is 6.24. The van der Waals surface area contributed by atoms with Crippen LogP contribution < -0.4 is 15.8 Å². The molecule has 0 saturated heterocycles. The monoisotopic (exact) mass is 324 g/mol. The fraction of sp³-hybridized carbons (Fsp3) is 0.133. The number of hydrogen-bond acceptors (Lipinski definition) is 3. The first kappa shape index (κ1) is 15.5. The largest absolute Gasteiger partial charge is 0.495 e. The average Bonchev–Trinajstić information content (AvgIpc) is 2.44. The molecule has 0 saturated carbocycles. The van der Waals surface area contributed by atoms with Gasteiger partial charge in [0, 0.05) is 10.6 Å². The topological polar surface area (TPSA) is 64.3 Å². The number of carbonyl (C=O) groups excluding carboxylic acids is 1. The third-order valence-electron chi connectivity index (χ3n) is 2.99. The van der Waals surface area contributed by atoms with E-state index >= 15 is 0 Å². The summed E-state index contributed by atoms with van der Waals surface area (Å²) in [6.45, 7) is 1.84. The minimum atomic E-state index is -0.328. The predicted molar refractivity (Wildman–Crippen MR) is 86.6 cm³/mol. The molecule has 0 fully saturated rings. The van der Waals surface area contributed by atoms with Gasteiger partial charge in [-0.25, -0.2) is 0 Å². The van der Waals surface area contributed by atoms with Gasteiger partial charge in [0.1, 0.15) is 5.75 Å². The van der Waals surface area contributed by atoms with Gasteiger partial charge >= 0.3 is 0 Å². The van der Waals surface area contributed by atoms with Crippen LogP contribution in [0.4, 0.5) is 11.4 Å². The molecule has 1 amide bonds. The fourth-order valence-electron chi connectivity index (χ4n) is 1.81. The summed E-state index contributed by atoms with van der Waals surface area (Å²) < 4.78 is 5.05. The Hall–Kier alpha value is -1.91. The lowest BCUT2D eigenvalue weighted by molar-refractivity contribution is 0.102. The Bertz CT molecular complexity index is 702. The second-order valence-corrected chi connectivity index (χ2v) is 5.31. The number of aryl methyl sites for hydroxylation is 1. The quantitative estimate of drug-likeness (QED) is 0.834. The summed E-state index contributed by atoms with van der Waals surface area (Å²) in [4.78, 5) is 12.2. The van der Waals surface area contributed by atoms with Crippen LogP contribution in [0.3, 0.4) is 0 Å². The Morgan fingerprint density at radius 3 is 2.52 bits per heavy atom. The third-order valence-corrected chi connectivity index (χ3v) is 3.71. The zero-order valence-corrected chi connectivity index (χ0v) is 13.0. The number of nitrogens with one attached hydrogen (secondary N) is 1. The molecular weight excluding hydrogens is 311 g/mol. The van der Waals surface area contributed by atoms with E-state index in [9.17, 15) is 4.79 Å². The molecule has 3 N–H and O–H groups in total. The number of carbonyl (C=O) groups is 1. The van der Waals surface area contributed by atoms with Crippen molar-refractivity contribution in [3.05, 3.63) is 51.5 Å². The lowest BCUT2D eigenvalue weighted by Gasteiger charge is -2.10. The minimum absolute atomic E-state index is 0.328. The van der Waals surface area contributed by atoms with Crippen LogP contribution in [0.2, 0.25) is 10.0 Å². The molecule has 0 atom stereocenters. The van der Waals surface area contributed by atoms with Crippen molar-refractivity contribution in [3.63, 3.8) is 0 Å². The molecule has 0 aliphatic rings. The molecule has 0 aliphatic carbocycles. The molecule has 0 aliphatic heterocycles. The molecule has 0 heterocycles. The molecular formula is C15H14Cl2N2O2. The Morgan fingerprint density at radius 1 is 1.19 bits per heavy atom. The van der Waals surface area contributed by atoms with Crippen LogP contribution in [0.1, 0.15) is 15.9 Å². The molecule has 6 heteroatoms. The van der Waals surface area contributed by atoms with Gasteiger partial charge in [-0.15, -0.1) is 0 Å². The zero-order chi connectivity index (χ0) is 15.6. The van der Waals surface area contributed by atoms with E-state index in [1.807, 2.05) is 6.92 Å². The molecule has 0 radical (unpaired) electrons. The number of amides is 1. The maximum atomic E-state index is 12.2. The minimum Gasteiger partial charge on any atom is -0.495 e. The lowest BCUT2D eigenvalue weighted by Crippen LogP contribution is -2.13. The predicted octanol–water partition coefficient (Wildman–Crippen LogP) is 4.14. The van der Waals surface area contributed by atoms with Gasteiger partial charge in [-0.05, 0) is 42.8 Å². The molecule has 0 spiro atoms. The molecule has 21 heavy (non-hydrogen) atoms. The SMILES string of the molecule is COc1ccc(C(=O)Nc2cc(Cl)c(C)cc2Cl)cc1N. The Balaban J connectivity index is 2.26. The molecule has 2 rings (SSSR count). The van der Waals surface area contributed by atoms with Crippen molar-refractivity contribution >= 4 is 40.5 Å². The van der Waals surface area contributed by atoms with Gasteiger partial charge in [0.25, 0.3) is 5.91 Å². The lowest BCUT2D eigenvalue weighted by atomic mass is 10.1. The number of ether oxygens (including phenoxy) is 1. The number of nitrogen functional groups attached to an aromatic ring is 1. The molecule has 110 valence electrons. The molecule has 0 bridgehead atoms. The highest BCUT2D eigenvalue weighted by atomic mass is 35.5. The molecule has 2 aromatic carbocycles. The summed E-state index contributed by atoms with van der Waals surface area (Å²) in [5, 5.41) is 3.66. The van der Waals surface area contributed by atoms with Crippen molar-refractivity contribution in [2.24, 2.45) is 0 Å². The van der Waals surface area contributed by atoms with E-state index in [1.54, 1.807) is 24.3 Å². The van der Waals surface area contributed by atoms with Crippen LogP contribution in [-0.2, 0) is 0 Å². The number of nitrogens with two attached hydrogens (primary N) is 1. The first-order valence-electron chi connectivity index (χ1n) is 6.13. The Kier molecular flexibility index (Phi) is 4.60. The highest BCUT2D eigenvalue weighted by molar-refractivity contribution is 6.36. The van der Waals surface area contributed by atoms with Crippen molar-refractivity contribution in [1.29, 1.82) is 0 Å². The van der Waals surface area contributed by atoms with Crippen molar-refractivity contribution in [2.75, 3.05) is 18.2 Å². The van der Waals surface area contributed by atoms with E-state index in [2.05, 4.69) is 5.32 Å². The molecule has 4 nitrogen and oxygen atoms in total. The van der Waals surface area contributed by atoms with Crippen molar-refractivity contribution in [3.8, 4) is 5.75 Å². The fourth-order valence-corrected chi connectivity index (χ4v) is 2.24. The summed E-state index contributed by atoms with van der Waals surface area (Å²) >= 11 is 12.1. The van der Waals surface area contributed by atoms with E-state index in [4.69, 9.17) is 33.7 Å². The van der Waals surface area contributed by atoms with E-state index in [-0.39, 0.29) is 5.91 Å². The van der Waals surface area contributed by atoms with Gasteiger partial charge in [-0.1, -0.05) is 23.2 Å². The number of hydrogen-bond donors (Lipinski definition) is 2. The van der Waals surface area contributed by atoms with Crippen molar-refractivity contribution in [2.45, 2.75) is 6.92 Å². The Morgan fingerprint density at radius 2 is 1.90 bits per heavy atom. The van der Waals surface area contributed by atoms with Crippen LogP contribution >= 0.6 is 23.2 Å². The van der Waals surface area contributed by atoms with Gasteiger partial charge in [0.05, 0.1) is 23.5 Å². The van der Waals surface area contributed by atoms with Gasteiger partial charge in [0.15, 0.2) is 0 Å². The van der Waals surface area contributed by atoms with Crippen LogP contribution in [0.5, 0.6) is 5.75 Å². The van der Waals surface area contributed by atoms with Crippen molar-refractivity contribution < 1.29 is 9.53 Å². The van der Waals surface area contributed by atoms with Crippen LogP contribution in [-0.4, -0.2) is 13.0 Å². The first-order chi connectivity index (χ1) is 9.92. The standard InChI is InChI=1S/C15H14Cl2N2O2/c1-8-5-11(17)13(7-10(8)16)19-15(20)9-3-4-14(21-2)12(18)6-9/h3-7H,18H2,1-2H3,(H,19,20). The summed E-state index contributed by atoms with van der Waals surface area (Å²) in [6, 6.07) is 8.10. The highest BCUT2D eigenvalue weighted by Gasteiger charge is 2.12. The smallest absolute Gasteiger partial charge is 0.255 e. The van der Waals surface area contributed by atoms with Crippen LogP contribution in [0.15, 0.2) is 30.3 Å². The van der Waals surface area contributed by atoms with E-state index in [1.165, 1.54) is 13.2 Å². The van der Waals surface area contributed by atoms with E-state index in [0.29, 0.717) is 32.7 Å². The maximum absolute atomic E-state index is 12.2. The summed E-state index contributed by atoms with van der Waals surface area (Å²) in [7, 11) is 1.51. The molecule has 0 unspecified atom stereocenters. The first-order valence-corrected chi connectivity index (χ1v) is 6.88. The highest BCUT2D eigenvalue weighted by Crippen LogP contribution is 2.29. The molecule has 2 aromatic rings. The number of halogens is 2. The normalized spacial score (nSPS) is 10.3. The van der Waals surface area contributed by atoms with Gasteiger partial charge < -0.3 is 15.8 Å². The second-order valence-electron chi connectivity index (χ2n) is 4.49. The average molecular weight is 325 g/mol. The number of methoxy groups -OCH3 is 1. The number of benzene rings is 2. The van der Waals surface area contributed by atoms with Gasteiger partial charge in [-0.3, -0.25) is 4.79 Å². The summed E-state index contributed by atoms with van der Waals surface area (Å²) in [5.74, 6) is 0.189.